The topological polar surface area (TPSA) is 81.2 Å². The van der Waals surface area contributed by atoms with Crippen molar-refractivity contribution >= 4 is 17.9 Å². The molecule has 6 nitrogen and oxygen atoms in total. The second-order valence-electron chi connectivity index (χ2n) is 4.72. The van der Waals surface area contributed by atoms with Crippen molar-refractivity contribution in [3.05, 3.63) is 53.6 Å². The van der Waals surface area contributed by atoms with Crippen LogP contribution in [0.4, 0.5) is 5.69 Å². The molecule has 0 aliphatic carbocycles. The van der Waals surface area contributed by atoms with Gasteiger partial charge in [-0.25, -0.2) is 10.4 Å². The SMILES string of the molecule is COc1ccc(/C=N/NC(N)=Nc2ccccc2)c(C)c1OC. The van der Waals surface area contributed by atoms with Crippen molar-refractivity contribution in [1.29, 1.82) is 0 Å². The number of benzene rings is 2. The Kier molecular flexibility index (Phi) is 5.57. The monoisotopic (exact) mass is 312 g/mol. The molecule has 0 radical (unpaired) electrons. The summed E-state index contributed by atoms with van der Waals surface area (Å²) in [5.74, 6) is 1.58. The maximum absolute atomic E-state index is 5.79. The molecule has 0 aliphatic rings. The molecule has 0 heterocycles. The molecule has 0 saturated carbocycles. The summed E-state index contributed by atoms with van der Waals surface area (Å²) in [7, 11) is 3.21. The zero-order chi connectivity index (χ0) is 16.7. The first-order valence-electron chi connectivity index (χ1n) is 7.05. The Balaban J connectivity index is 2.10. The van der Waals surface area contributed by atoms with Crippen LogP contribution in [0.1, 0.15) is 11.1 Å². The Morgan fingerprint density at radius 1 is 1.09 bits per heavy atom. The number of aliphatic imine (C=N–C) groups is 1. The van der Waals surface area contributed by atoms with Crippen LogP contribution in [0.5, 0.6) is 11.5 Å². The predicted molar refractivity (Wildman–Crippen MR) is 92.7 cm³/mol. The smallest absolute Gasteiger partial charge is 0.214 e. The second kappa shape index (κ2) is 7.84. The number of para-hydroxylation sites is 1. The van der Waals surface area contributed by atoms with Crippen LogP contribution < -0.4 is 20.6 Å². The van der Waals surface area contributed by atoms with Crippen molar-refractivity contribution in [2.45, 2.75) is 6.92 Å². The van der Waals surface area contributed by atoms with Gasteiger partial charge in [0.05, 0.1) is 26.1 Å². The molecule has 2 aromatic rings. The number of hydrogen-bond acceptors (Lipinski definition) is 4. The van der Waals surface area contributed by atoms with Gasteiger partial charge >= 0.3 is 0 Å². The van der Waals surface area contributed by atoms with Crippen molar-refractivity contribution in [2.24, 2.45) is 15.8 Å². The molecule has 2 rings (SSSR count). The largest absolute Gasteiger partial charge is 0.493 e. The van der Waals surface area contributed by atoms with Crippen LogP contribution in [0.15, 0.2) is 52.6 Å². The minimum absolute atomic E-state index is 0.213. The molecular weight excluding hydrogens is 292 g/mol. The van der Waals surface area contributed by atoms with E-state index in [2.05, 4.69) is 15.5 Å². The lowest BCUT2D eigenvalue weighted by Gasteiger charge is -2.12. The van der Waals surface area contributed by atoms with E-state index in [4.69, 9.17) is 15.2 Å². The maximum Gasteiger partial charge on any atom is 0.214 e. The van der Waals surface area contributed by atoms with Crippen LogP contribution in [0.3, 0.4) is 0 Å². The van der Waals surface area contributed by atoms with Crippen molar-refractivity contribution in [3.63, 3.8) is 0 Å². The average molecular weight is 312 g/mol. The Morgan fingerprint density at radius 3 is 2.48 bits per heavy atom. The van der Waals surface area contributed by atoms with Crippen molar-refractivity contribution in [2.75, 3.05) is 14.2 Å². The van der Waals surface area contributed by atoms with Crippen molar-refractivity contribution in [3.8, 4) is 11.5 Å². The number of nitrogens with zero attached hydrogens (tertiary/aromatic N) is 2. The number of nitrogens with two attached hydrogens (primary N) is 1. The third-order valence-electron chi connectivity index (χ3n) is 3.22. The van der Waals surface area contributed by atoms with Gasteiger partial charge in [0.15, 0.2) is 11.5 Å². The minimum Gasteiger partial charge on any atom is -0.493 e. The number of guanidine groups is 1. The molecule has 120 valence electrons. The third-order valence-corrected chi connectivity index (χ3v) is 3.22. The Morgan fingerprint density at radius 2 is 1.83 bits per heavy atom. The molecule has 0 unspecified atom stereocenters. The van der Waals surface area contributed by atoms with E-state index in [1.54, 1.807) is 20.4 Å². The van der Waals surface area contributed by atoms with Gasteiger partial charge in [0.2, 0.25) is 5.96 Å². The highest BCUT2D eigenvalue weighted by Gasteiger charge is 2.09. The molecule has 0 bridgehead atoms. The van der Waals surface area contributed by atoms with Gasteiger partial charge in [-0.1, -0.05) is 18.2 Å². The van der Waals surface area contributed by atoms with Gasteiger partial charge in [0, 0.05) is 11.1 Å². The number of rotatable bonds is 5. The molecule has 0 fully saturated rings. The molecule has 3 N–H and O–H groups in total. The minimum atomic E-state index is 0.213. The first-order chi connectivity index (χ1) is 11.2. The van der Waals surface area contributed by atoms with Crippen LogP contribution >= 0.6 is 0 Å². The average Bonchev–Trinajstić information content (AvgIpc) is 2.57. The summed E-state index contributed by atoms with van der Waals surface area (Å²) in [6, 6.07) is 13.1. The fourth-order valence-electron chi connectivity index (χ4n) is 2.07. The molecule has 6 heteroatoms. The summed E-state index contributed by atoms with van der Waals surface area (Å²) in [6.07, 6.45) is 1.66. The van der Waals surface area contributed by atoms with Gasteiger partial charge in [0.25, 0.3) is 0 Å². The van der Waals surface area contributed by atoms with Gasteiger partial charge in [0.1, 0.15) is 0 Å². The third kappa shape index (κ3) is 4.23. The second-order valence-corrected chi connectivity index (χ2v) is 4.72. The molecule has 23 heavy (non-hydrogen) atoms. The summed E-state index contributed by atoms with van der Waals surface area (Å²) in [4.78, 5) is 4.20. The quantitative estimate of drug-likeness (QED) is 0.505. The normalized spacial score (nSPS) is 11.5. The Bertz CT molecular complexity index is 712. The number of hydrogen-bond donors (Lipinski definition) is 2. The lowest BCUT2D eigenvalue weighted by Crippen LogP contribution is -2.26. The molecule has 0 atom stereocenters. The molecule has 0 amide bonds. The molecule has 0 spiro atoms. The highest BCUT2D eigenvalue weighted by Crippen LogP contribution is 2.31. The van der Waals surface area contributed by atoms with Crippen LogP contribution in [0, 0.1) is 6.92 Å². The number of methoxy groups -OCH3 is 2. The molecule has 2 aromatic carbocycles. The zero-order valence-electron chi connectivity index (χ0n) is 13.4. The van der Waals surface area contributed by atoms with E-state index >= 15 is 0 Å². The summed E-state index contributed by atoms with van der Waals surface area (Å²) in [6.45, 7) is 1.93. The zero-order valence-corrected chi connectivity index (χ0v) is 13.4. The van der Waals surface area contributed by atoms with Gasteiger partial charge in [-0.15, -0.1) is 0 Å². The summed E-state index contributed by atoms with van der Waals surface area (Å²) < 4.78 is 10.6. The fraction of sp³-hybridized carbons (Fsp3) is 0.176. The number of nitrogens with one attached hydrogen (secondary N) is 1. The van der Waals surface area contributed by atoms with E-state index in [1.807, 2.05) is 49.4 Å². The van der Waals surface area contributed by atoms with Crippen molar-refractivity contribution < 1.29 is 9.47 Å². The van der Waals surface area contributed by atoms with Crippen molar-refractivity contribution in [1.82, 2.24) is 5.43 Å². The Labute approximate surface area is 135 Å². The lowest BCUT2D eigenvalue weighted by atomic mass is 10.1. The lowest BCUT2D eigenvalue weighted by molar-refractivity contribution is 0.353. The van der Waals surface area contributed by atoms with E-state index in [-0.39, 0.29) is 5.96 Å². The van der Waals surface area contributed by atoms with Crippen LogP contribution in [0.2, 0.25) is 0 Å². The summed E-state index contributed by atoms with van der Waals surface area (Å²) >= 11 is 0. The van der Waals surface area contributed by atoms with E-state index < -0.39 is 0 Å². The molecule has 0 aliphatic heterocycles. The van der Waals surface area contributed by atoms with E-state index in [0.29, 0.717) is 11.5 Å². The summed E-state index contributed by atoms with van der Waals surface area (Å²) in [5, 5.41) is 4.10. The molecule has 0 aromatic heterocycles. The van der Waals surface area contributed by atoms with Gasteiger partial charge < -0.3 is 15.2 Å². The fourth-order valence-corrected chi connectivity index (χ4v) is 2.07. The first-order valence-corrected chi connectivity index (χ1v) is 7.05. The summed E-state index contributed by atoms with van der Waals surface area (Å²) in [5.41, 5.74) is 11.1. The standard InChI is InChI=1S/C17H20N4O2/c1-12-13(9-10-15(22-2)16(12)23-3)11-19-21-17(18)20-14-7-5-4-6-8-14/h4-11H,1-3H3,(H3,18,20,21)/b19-11+. The van der Waals surface area contributed by atoms with Crippen LogP contribution in [-0.2, 0) is 0 Å². The van der Waals surface area contributed by atoms with Crippen LogP contribution in [-0.4, -0.2) is 26.4 Å². The number of ether oxygens (including phenoxy) is 2. The van der Waals surface area contributed by atoms with Gasteiger partial charge in [-0.3, -0.25) is 0 Å². The molecule has 0 saturated heterocycles. The van der Waals surface area contributed by atoms with E-state index in [1.165, 1.54) is 0 Å². The molecular formula is C17H20N4O2. The highest BCUT2D eigenvalue weighted by molar-refractivity contribution is 5.86. The van der Waals surface area contributed by atoms with Gasteiger partial charge in [-0.2, -0.15) is 5.10 Å². The predicted octanol–water partition coefficient (Wildman–Crippen LogP) is 2.58. The van der Waals surface area contributed by atoms with E-state index in [0.717, 1.165) is 16.8 Å². The Hall–Kier alpha value is -3.02. The first kappa shape index (κ1) is 16.4. The van der Waals surface area contributed by atoms with Crippen LogP contribution in [0.25, 0.3) is 0 Å². The maximum atomic E-state index is 5.79. The number of hydrazone groups is 1. The van der Waals surface area contributed by atoms with E-state index in [9.17, 15) is 0 Å². The van der Waals surface area contributed by atoms with Gasteiger partial charge in [-0.05, 0) is 31.2 Å². The highest BCUT2D eigenvalue weighted by atomic mass is 16.5.